The Morgan fingerprint density at radius 1 is 1.25 bits per heavy atom. The Hall–Kier alpha value is -0.730. The molecular formula is C13H19ClO2. The number of aliphatic hydroxyl groups is 1. The maximum absolute atomic E-state index is 10.1. The normalized spacial score (nSPS) is 14.7. The van der Waals surface area contributed by atoms with Crippen molar-refractivity contribution in [2.45, 2.75) is 39.2 Å². The second kappa shape index (κ2) is 5.07. The summed E-state index contributed by atoms with van der Waals surface area (Å²) >= 11 is 5.95. The Balaban J connectivity index is 3.42. The van der Waals surface area contributed by atoms with E-state index < -0.39 is 6.10 Å². The lowest BCUT2D eigenvalue weighted by atomic mass is 9.94. The zero-order chi connectivity index (χ0) is 12.5. The molecule has 2 atom stereocenters. The van der Waals surface area contributed by atoms with Gasteiger partial charge in [0.05, 0.1) is 18.6 Å². The molecule has 3 heteroatoms. The van der Waals surface area contributed by atoms with Gasteiger partial charge in [-0.25, -0.2) is 0 Å². The molecule has 0 fully saturated rings. The Morgan fingerprint density at radius 2 is 1.81 bits per heavy atom. The number of methoxy groups -OCH3 is 1. The van der Waals surface area contributed by atoms with Crippen molar-refractivity contribution >= 4 is 11.6 Å². The highest BCUT2D eigenvalue weighted by Gasteiger charge is 2.22. The Morgan fingerprint density at radius 3 is 2.25 bits per heavy atom. The highest BCUT2D eigenvalue weighted by atomic mass is 35.5. The summed E-state index contributed by atoms with van der Waals surface area (Å²) in [6.07, 6.45) is -0.698. The van der Waals surface area contributed by atoms with Crippen molar-refractivity contribution in [1.29, 1.82) is 0 Å². The SMILES string of the molecule is COc1c(C)c(C)cc(C)c1C(O)C(C)Cl. The first-order valence-corrected chi connectivity index (χ1v) is 5.80. The van der Waals surface area contributed by atoms with E-state index in [2.05, 4.69) is 6.07 Å². The van der Waals surface area contributed by atoms with E-state index in [1.165, 1.54) is 0 Å². The summed E-state index contributed by atoms with van der Waals surface area (Å²) in [5.41, 5.74) is 4.03. The third-order valence-corrected chi connectivity index (χ3v) is 3.21. The van der Waals surface area contributed by atoms with Gasteiger partial charge in [-0.15, -0.1) is 11.6 Å². The van der Waals surface area contributed by atoms with Crippen molar-refractivity contribution in [2.24, 2.45) is 0 Å². The molecule has 1 aromatic rings. The number of alkyl halides is 1. The van der Waals surface area contributed by atoms with Crippen LogP contribution in [0.25, 0.3) is 0 Å². The van der Waals surface area contributed by atoms with Crippen LogP contribution in [0.3, 0.4) is 0 Å². The molecule has 1 aromatic carbocycles. The minimum atomic E-state index is -0.698. The summed E-state index contributed by atoms with van der Waals surface area (Å²) in [6.45, 7) is 7.76. The molecule has 0 aromatic heterocycles. The van der Waals surface area contributed by atoms with Crippen LogP contribution in [0.15, 0.2) is 6.07 Å². The van der Waals surface area contributed by atoms with E-state index in [0.717, 1.165) is 28.0 Å². The third kappa shape index (κ3) is 2.33. The van der Waals surface area contributed by atoms with Crippen LogP contribution in [0.5, 0.6) is 5.75 Å². The third-order valence-electron chi connectivity index (χ3n) is 2.97. The predicted molar refractivity (Wildman–Crippen MR) is 67.5 cm³/mol. The van der Waals surface area contributed by atoms with Crippen LogP contribution in [0.4, 0.5) is 0 Å². The average Bonchev–Trinajstić information content (AvgIpc) is 2.21. The number of ether oxygens (including phenoxy) is 1. The average molecular weight is 243 g/mol. The van der Waals surface area contributed by atoms with Crippen LogP contribution in [0.2, 0.25) is 0 Å². The summed E-state index contributed by atoms with van der Waals surface area (Å²) < 4.78 is 5.39. The Labute approximate surface area is 102 Å². The van der Waals surface area contributed by atoms with Crippen LogP contribution < -0.4 is 4.74 Å². The first-order valence-electron chi connectivity index (χ1n) is 5.37. The smallest absolute Gasteiger partial charge is 0.128 e. The molecule has 2 unspecified atom stereocenters. The number of hydrogen-bond donors (Lipinski definition) is 1. The molecule has 0 aliphatic rings. The Bertz CT molecular complexity index is 386. The molecule has 1 rings (SSSR count). The molecule has 0 saturated heterocycles. The quantitative estimate of drug-likeness (QED) is 0.825. The largest absolute Gasteiger partial charge is 0.496 e. The molecule has 90 valence electrons. The fraction of sp³-hybridized carbons (Fsp3) is 0.538. The fourth-order valence-electron chi connectivity index (χ4n) is 1.93. The lowest BCUT2D eigenvalue weighted by Gasteiger charge is -2.22. The zero-order valence-electron chi connectivity index (χ0n) is 10.5. The van der Waals surface area contributed by atoms with Crippen LogP contribution in [-0.2, 0) is 0 Å². The van der Waals surface area contributed by atoms with Crippen molar-refractivity contribution in [3.8, 4) is 5.75 Å². The number of benzene rings is 1. The maximum atomic E-state index is 10.1. The topological polar surface area (TPSA) is 29.5 Å². The number of hydrogen-bond acceptors (Lipinski definition) is 2. The molecule has 0 aliphatic carbocycles. The first-order chi connectivity index (χ1) is 7.40. The second-order valence-corrected chi connectivity index (χ2v) is 4.89. The van der Waals surface area contributed by atoms with Crippen molar-refractivity contribution < 1.29 is 9.84 Å². The van der Waals surface area contributed by atoms with Crippen LogP contribution in [0.1, 0.15) is 35.3 Å². The van der Waals surface area contributed by atoms with Crippen LogP contribution in [-0.4, -0.2) is 17.6 Å². The molecule has 16 heavy (non-hydrogen) atoms. The van der Waals surface area contributed by atoms with Gasteiger partial charge in [0.15, 0.2) is 0 Å². The van der Waals surface area contributed by atoms with Gasteiger partial charge in [-0.1, -0.05) is 6.07 Å². The molecule has 0 saturated carbocycles. The number of aryl methyl sites for hydroxylation is 2. The van der Waals surface area contributed by atoms with Crippen LogP contribution in [0, 0.1) is 20.8 Å². The van der Waals surface area contributed by atoms with Gasteiger partial charge in [-0.2, -0.15) is 0 Å². The molecule has 0 amide bonds. The lowest BCUT2D eigenvalue weighted by molar-refractivity contribution is 0.172. The van der Waals surface area contributed by atoms with Crippen molar-refractivity contribution in [3.05, 3.63) is 28.3 Å². The molecule has 0 heterocycles. The highest BCUT2D eigenvalue weighted by Crippen LogP contribution is 2.36. The van der Waals surface area contributed by atoms with Gasteiger partial charge < -0.3 is 9.84 Å². The Kier molecular flexibility index (Phi) is 4.22. The maximum Gasteiger partial charge on any atom is 0.128 e. The van der Waals surface area contributed by atoms with Crippen molar-refractivity contribution in [2.75, 3.05) is 7.11 Å². The van der Waals surface area contributed by atoms with Crippen molar-refractivity contribution in [1.82, 2.24) is 0 Å². The van der Waals surface area contributed by atoms with Crippen LogP contribution >= 0.6 is 11.6 Å². The minimum Gasteiger partial charge on any atom is -0.496 e. The second-order valence-electron chi connectivity index (χ2n) is 4.20. The summed E-state index contributed by atoms with van der Waals surface area (Å²) in [5, 5.41) is 9.76. The zero-order valence-corrected chi connectivity index (χ0v) is 11.2. The van der Waals surface area contributed by atoms with Gasteiger partial charge in [0.1, 0.15) is 5.75 Å². The summed E-state index contributed by atoms with van der Waals surface area (Å²) in [5.74, 6) is 0.748. The van der Waals surface area contributed by atoms with E-state index >= 15 is 0 Å². The van der Waals surface area contributed by atoms with Gasteiger partial charge in [-0.05, 0) is 44.4 Å². The van der Waals surface area contributed by atoms with Gasteiger partial charge in [-0.3, -0.25) is 0 Å². The van der Waals surface area contributed by atoms with E-state index in [4.69, 9.17) is 16.3 Å². The molecule has 2 nitrogen and oxygen atoms in total. The first kappa shape index (κ1) is 13.3. The van der Waals surface area contributed by atoms with Gasteiger partial charge in [0, 0.05) is 5.56 Å². The standard InChI is InChI=1S/C13H19ClO2/c1-7-6-8(2)11(12(15)10(4)14)13(16-5)9(7)3/h6,10,12,15H,1-5H3. The van der Waals surface area contributed by atoms with E-state index in [-0.39, 0.29) is 5.38 Å². The molecular weight excluding hydrogens is 224 g/mol. The van der Waals surface area contributed by atoms with E-state index in [1.807, 2.05) is 20.8 Å². The number of rotatable bonds is 3. The van der Waals surface area contributed by atoms with Gasteiger partial charge in [0.25, 0.3) is 0 Å². The van der Waals surface area contributed by atoms with Crippen molar-refractivity contribution in [3.63, 3.8) is 0 Å². The molecule has 1 N–H and O–H groups in total. The summed E-state index contributed by atoms with van der Waals surface area (Å²) in [4.78, 5) is 0. The predicted octanol–water partition coefficient (Wildman–Crippen LogP) is 3.28. The number of halogens is 1. The number of aliphatic hydroxyl groups excluding tert-OH is 1. The molecule has 0 spiro atoms. The summed E-state index contributed by atoms with van der Waals surface area (Å²) in [7, 11) is 1.62. The lowest BCUT2D eigenvalue weighted by Crippen LogP contribution is -2.12. The fourth-order valence-corrected chi connectivity index (χ4v) is 2.06. The van der Waals surface area contributed by atoms with Gasteiger partial charge >= 0.3 is 0 Å². The summed E-state index contributed by atoms with van der Waals surface area (Å²) in [6, 6.07) is 2.05. The van der Waals surface area contributed by atoms with Gasteiger partial charge in [0.2, 0.25) is 0 Å². The van der Waals surface area contributed by atoms with E-state index in [0.29, 0.717) is 0 Å². The molecule has 0 aliphatic heterocycles. The minimum absolute atomic E-state index is 0.338. The molecule has 0 radical (unpaired) electrons. The monoisotopic (exact) mass is 242 g/mol. The van der Waals surface area contributed by atoms with E-state index in [9.17, 15) is 5.11 Å². The molecule has 0 bridgehead atoms. The highest BCUT2D eigenvalue weighted by molar-refractivity contribution is 6.20. The van der Waals surface area contributed by atoms with E-state index in [1.54, 1.807) is 14.0 Å².